The zero-order valence-corrected chi connectivity index (χ0v) is 14.7. The minimum Gasteiger partial charge on any atom is -0.493 e. The number of fused-ring (bicyclic) bond motifs is 1. The fourth-order valence-corrected chi connectivity index (χ4v) is 2.64. The largest absolute Gasteiger partial charge is 0.493 e. The Balaban J connectivity index is 1.86. The molecule has 8 heteroatoms. The highest BCUT2D eigenvalue weighted by Gasteiger charge is 2.10. The summed E-state index contributed by atoms with van der Waals surface area (Å²) in [7, 11) is 3.07. The molecule has 0 unspecified atom stereocenters. The lowest BCUT2D eigenvalue weighted by atomic mass is 10.1. The van der Waals surface area contributed by atoms with Crippen molar-refractivity contribution in [3.05, 3.63) is 68.7 Å². The van der Waals surface area contributed by atoms with Gasteiger partial charge >= 0.3 is 0 Å². The molecule has 0 radical (unpaired) electrons. The number of aromatic amines is 2. The molecule has 138 valence electrons. The number of hydrogen-bond donors (Lipinski definition) is 3. The van der Waals surface area contributed by atoms with Gasteiger partial charge in [0.1, 0.15) is 0 Å². The van der Waals surface area contributed by atoms with Gasteiger partial charge in [-0.15, -0.1) is 0 Å². The molecule has 0 aliphatic carbocycles. The number of hydrogen-bond acceptors (Lipinski definition) is 5. The molecule has 0 spiro atoms. The first-order valence-electron chi connectivity index (χ1n) is 7.98. The molecule has 3 N–H and O–H groups in total. The van der Waals surface area contributed by atoms with Crippen LogP contribution in [-0.2, 0) is 4.79 Å². The number of ether oxygens (including phenoxy) is 2. The SMILES string of the molecule is COc1ccc(C=CC(=O)Nc2cccc3c(=O)[nH][nH]c(=O)c23)cc1OC. The van der Waals surface area contributed by atoms with E-state index in [0.29, 0.717) is 11.5 Å². The van der Waals surface area contributed by atoms with E-state index in [4.69, 9.17) is 9.47 Å². The summed E-state index contributed by atoms with van der Waals surface area (Å²) in [5.74, 6) is 0.677. The molecule has 1 heterocycles. The van der Waals surface area contributed by atoms with Gasteiger partial charge in [-0.05, 0) is 35.9 Å². The minimum absolute atomic E-state index is 0.120. The van der Waals surface area contributed by atoms with Crippen LogP contribution in [0.15, 0.2) is 52.1 Å². The highest BCUT2D eigenvalue weighted by molar-refractivity contribution is 6.07. The number of carbonyl (C=O) groups is 1. The standard InChI is InChI=1S/C19H17N3O5/c1-26-14-8-6-11(10-15(14)27-2)7-9-16(23)20-13-5-3-4-12-17(13)19(25)22-21-18(12)24/h3-10H,1-2H3,(H,20,23)(H,21,24)(H,22,25). The molecule has 3 rings (SSSR count). The maximum Gasteiger partial charge on any atom is 0.272 e. The first kappa shape index (κ1) is 18.0. The fourth-order valence-electron chi connectivity index (χ4n) is 2.64. The Labute approximate surface area is 153 Å². The molecule has 0 saturated carbocycles. The first-order chi connectivity index (χ1) is 13.0. The lowest BCUT2D eigenvalue weighted by Crippen LogP contribution is -2.21. The molecule has 1 aromatic heterocycles. The maximum absolute atomic E-state index is 12.3. The fraction of sp³-hybridized carbons (Fsp3) is 0.105. The van der Waals surface area contributed by atoms with Crippen LogP contribution >= 0.6 is 0 Å². The molecular weight excluding hydrogens is 350 g/mol. The Bertz CT molecular complexity index is 1140. The van der Waals surface area contributed by atoms with Gasteiger partial charge in [-0.2, -0.15) is 0 Å². The molecule has 0 saturated heterocycles. The predicted molar refractivity (Wildman–Crippen MR) is 102 cm³/mol. The third-order valence-electron chi connectivity index (χ3n) is 3.92. The van der Waals surface area contributed by atoms with Crippen molar-refractivity contribution >= 4 is 28.4 Å². The van der Waals surface area contributed by atoms with Crippen LogP contribution in [0, 0.1) is 0 Å². The summed E-state index contributed by atoms with van der Waals surface area (Å²) in [5, 5.41) is 7.43. The molecule has 1 amide bonds. The third-order valence-corrected chi connectivity index (χ3v) is 3.92. The third kappa shape index (κ3) is 3.74. The normalized spacial score (nSPS) is 10.9. The van der Waals surface area contributed by atoms with Crippen molar-refractivity contribution in [3.8, 4) is 11.5 Å². The summed E-state index contributed by atoms with van der Waals surface area (Å²) in [6.07, 6.45) is 2.92. The van der Waals surface area contributed by atoms with Gasteiger partial charge in [0.25, 0.3) is 11.1 Å². The summed E-state index contributed by atoms with van der Waals surface area (Å²) in [6, 6.07) is 9.88. The second-order valence-electron chi connectivity index (χ2n) is 5.57. The number of methoxy groups -OCH3 is 2. The zero-order chi connectivity index (χ0) is 19.4. The smallest absolute Gasteiger partial charge is 0.272 e. The molecule has 3 aromatic rings. The topological polar surface area (TPSA) is 113 Å². The maximum atomic E-state index is 12.3. The monoisotopic (exact) mass is 367 g/mol. The van der Waals surface area contributed by atoms with Gasteiger partial charge in [0.2, 0.25) is 5.91 Å². The Morgan fingerprint density at radius 3 is 2.48 bits per heavy atom. The predicted octanol–water partition coefficient (Wildman–Crippen LogP) is 1.89. The van der Waals surface area contributed by atoms with Crippen molar-refractivity contribution in [1.82, 2.24) is 10.2 Å². The number of rotatable bonds is 5. The molecule has 0 fully saturated rings. The second kappa shape index (κ2) is 7.61. The van der Waals surface area contributed by atoms with E-state index in [1.54, 1.807) is 36.4 Å². The van der Waals surface area contributed by atoms with E-state index in [2.05, 4.69) is 15.5 Å². The van der Waals surface area contributed by atoms with E-state index in [9.17, 15) is 14.4 Å². The highest BCUT2D eigenvalue weighted by Crippen LogP contribution is 2.28. The Morgan fingerprint density at radius 1 is 1.00 bits per heavy atom. The Kier molecular flexibility index (Phi) is 5.07. The van der Waals surface area contributed by atoms with Crippen molar-refractivity contribution < 1.29 is 14.3 Å². The van der Waals surface area contributed by atoms with Gasteiger partial charge in [-0.3, -0.25) is 24.6 Å². The van der Waals surface area contributed by atoms with Gasteiger partial charge in [-0.1, -0.05) is 12.1 Å². The van der Waals surface area contributed by atoms with Crippen LogP contribution < -0.4 is 25.9 Å². The van der Waals surface area contributed by atoms with E-state index in [1.165, 1.54) is 26.4 Å². The number of nitrogens with one attached hydrogen (secondary N) is 3. The number of benzene rings is 2. The van der Waals surface area contributed by atoms with Crippen molar-refractivity contribution in [1.29, 1.82) is 0 Å². The summed E-state index contributed by atoms with van der Waals surface area (Å²) in [4.78, 5) is 36.1. The molecular formula is C19H17N3O5. The number of H-pyrrole nitrogens is 2. The molecule has 2 aromatic carbocycles. The van der Waals surface area contributed by atoms with Crippen LogP contribution in [0.2, 0.25) is 0 Å². The van der Waals surface area contributed by atoms with Crippen molar-refractivity contribution in [2.45, 2.75) is 0 Å². The zero-order valence-electron chi connectivity index (χ0n) is 14.7. The van der Waals surface area contributed by atoms with E-state index >= 15 is 0 Å². The molecule has 0 aliphatic heterocycles. The van der Waals surface area contributed by atoms with Crippen LogP contribution in [0.3, 0.4) is 0 Å². The number of carbonyl (C=O) groups excluding carboxylic acids is 1. The van der Waals surface area contributed by atoms with E-state index in [1.807, 2.05) is 0 Å². The molecule has 0 atom stereocenters. The summed E-state index contributed by atoms with van der Waals surface area (Å²) in [6.45, 7) is 0. The lowest BCUT2D eigenvalue weighted by Gasteiger charge is -2.08. The van der Waals surface area contributed by atoms with Crippen molar-refractivity contribution in [2.75, 3.05) is 19.5 Å². The van der Waals surface area contributed by atoms with Crippen molar-refractivity contribution in [3.63, 3.8) is 0 Å². The van der Waals surface area contributed by atoms with Gasteiger partial charge in [-0.25, -0.2) is 0 Å². The minimum atomic E-state index is -0.496. The molecule has 0 bridgehead atoms. The summed E-state index contributed by atoms with van der Waals surface area (Å²) in [5.41, 5.74) is 0.0442. The Morgan fingerprint density at radius 2 is 1.74 bits per heavy atom. The molecule has 8 nitrogen and oxygen atoms in total. The van der Waals surface area contributed by atoms with E-state index < -0.39 is 17.0 Å². The van der Waals surface area contributed by atoms with Crippen LogP contribution in [0.5, 0.6) is 11.5 Å². The van der Waals surface area contributed by atoms with Gasteiger partial charge < -0.3 is 14.8 Å². The van der Waals surface area contributed by atoms with Gasteiger partial charge in [0.15, 0.2) is 11.5 Å². The summed E-state index contributed by atoms with van der Waals surface area (Å²) >= 11 is 0. The van der Waals surface area contributed by atoms with E-state index in [0.717, 1.165) is 5.56 Å². The Hall–Kier alpha value is -3.81. The first-order valence-corrected chi connectivity index (χ1v) is 7.98. The number of aromatic nitrogens is 2. The van der Waals surface area contributed by atoms with Gasteiger partial charge in [0.05, 0.1) is 30.7 Å². The van der Waals surface area contributed by atoms with Crippen LogP contribution in [0.1, 0.15) is 5.56 Å². The lowest BCUT2D eigenvalue weighted by molar-refractivity contribution is -0.111. The average molecular weight is 367 g/mol. The van der Waals surface area contributed by atoms with Crippen LogP contribution in [0.4, 0.5) is 5.69 Å². The highest BCUT2D eigenvalue weighted by atomic mass is 16.5. The second-order valence-corrected chi connectivity index (χ2v) is 5.57. The average Bonchev–Trinajstić information content (AvgIpc) is 2.69. The van der Waals surface area contributed by atoms with Gasteiger partial charge in [0, 0.05) is 6.08 Å². The summed E-state index contributed by atoms with van der Waals surface area (Å²) < 4.78 is 10.4. The number of anilines is 1. The van der Waals surface area contributed by atoms with Crippen LogP contribution in [-0.4, -0.2) is 30.3 Å². The van der Waals surface area contributed by atoms with E-state index in [-0.39, 0.29) is 16.5 Å². The molecule has 0 aliphatic rings. The quantitative estimate of drug-likeness (QED) is 0.596. The van der Waals surface area contributed by atoms with Crippen molar-refractivity contribution in [2.24, 2.45) is 0 Å². The van der Waals surface area contributed by atoms with Crippen LogP contribution in [0.25, 0.3) is 16.8 Å². The number of amides is 1. The molecule has 27 heavy (non-hydrogen) atoms.